The van der Waals surface area contributed by atoms with Crippen LogP contribution in [0.1, 0.15) is 105 Å². The smallest absolute Gasteiger partial charge is 0.408 e. The molecule has 204 valence electrons. The van der Waals surface area contributed by atoms with E-state index in [4.69, 9.17) is 4.74 Å². The molecule has 36 heavy (non-hydrogen) atoms. The number of carbonyl (C=O) groups excluding carboxylic acids is 3. The maximum absolute atomic E-state index is 14.3. The molecule has 0 radical (unpaired) electrons. The number of rotatable bonds is 10. The van der Waals surface area contributed by atoms with E-state index >= 15 is 0 Å². The Kier molecular flexibility index (Phi) is 11.0. The summed E-state index contributed by atoms with van der Waals surface area (Å²) in [5.74, 6) is -0.417. The fraction of sp³-hybridized carbons (Fsp3) is 0.690. The summed E-state index contributed by atoms with van der Waals surface area (Å²) in [7, 11) is 0. The van der Waals surface area contributed by atoms with Gasteiger partial charge in [-0.1, -0.05) is 50.1 Å². The number of nitrogens with one attached hydrogen (secondary N) is 2. The van der Waals surface area contributed by atoms with E-state index in [0.717, 1.165) is 16.7 Å². The molecule has 2 atom stereocenters. The second kappa shape index (κ2) is 12.6. The van der Waals surface area contributed by atoms with Crippen molar-refractivity contribution in [2.24, 2.45) is 5.92 Å². The highest BCUT2D eigenvalue weighted by Gasteiger charge is 2.43. The summed E-state index contributed by atoms with van der Waals surface area (Å²) in [5.41, 5.74) is 1.41. The van der Waals surface area contributed by atoms with Crippen molar-refractivity contribution in [2.45, 2.75) is 125 Å². The van der Waals surface area contributed by atoms with Gasteiger partial charge in [0, 0.05) is 11.6 Å². The molecule has 1 aromatic carbocycles. The van der Waals surface area contributed by atoms with Crippen LogP contribution in [0.25, 0.3) is 0 Å². The summed E-state index contributed by atoms with van der Waals surface area (Å²) >= 11 is 0. The van der Waals surface area contributed by atoms with Crippen LogP contribution >= 0.6 is 0 Å². The number of hydrogen-bond donors (Lipinski definition) is 2. The van der Waals surface area contributed by atoms with E-state index in [1.165, 1.54) is 0 Å². The Bertz CT molecular complexity index is 895. The molecule has 1 aromatic rings. The minimum absolute atomic E-state index is 0.0982. The highest BCUT2D eigenvalue weighted by atomic mass is 16.6. The van der Waals surface area contributed by atoms with Crippen LogP contribution in [0.2, 0.25) is 0 Å². The van der Waals surface area contributed by atoms with Gasteiger partial charge in [0.2, 0.25) is 11.8 Å². The number of ether oxygens (including phenoxy) is 1. The first kappa shape index (κ1) is 31.5. The number of carbonyl (C=O) groups is 3. The first-order chi connectivity index (χ1) is 16.4. The molecule has 0 saturated carbocycles. The van der Waals surface area contributed by atoms with Crippen LogP contribution in [-0.4, -0.2) is 46.0 Å². The lowest BCUT2D eigenvalue weighted by Crippen LogP contribution is -2.59. The molecule has 0 saturated heterocycles. The molecule has 0 spiro atoms. The SMILES string of the molecule is CCC(C)(C)N(C(=O)C(CC(C)C)NC(=O)OC(C)(C)C)C(C(=O)NC(C)C)c1cc(C)cc(C)c1. The molecule has 0 heterocycles. The molecule has 2 unspecified atom stereocenters. The van der Waals surface area contributed by atoms with Crippen LogP contribution < -0.4 is 10.6 Å². The highest BCUT2D eigenvalue weighted by molar-refractivity contribution is 5.92. The first-order valence-electron chi connectivity index (χ1n) is 13.1. The predicted molar refractivity (Wildman–Crippen MR) is 146 cm³/mol. The van der Waals surface area contributed by atoms with E-state index in [2.05, 4.69) is 10.6 Å². The quantitative estimate of drug-likeness (QED) is 0.421. The second-order valence-corrected chi connectivity index (χ2v) is 12.2. The van der Waals surface area contributed by atoms with Gasteiger partial charge >= 0.3 is 6.09 Å². The van der Waals surface area contributed by atoms with E-state index < -0.39 is 29.3 Å². The van der Waals surface area contributed by atoms with Crippen LogP contribution in [-0.2, 0) is 14.3 Å². The minimum atomic E-state index is -0.858. The molecule has 0 aliphatic rings. The number of alkyl carbamates (subject to hydrolysis) is 1. The van der Waals surface area contributed by atoms with Crippen molar-refractivity contribution in [2.75, 3.05) is 0 Å². The van der Waals surface area contributed by atoms with Crippen molar-refractivity contribution in [1.29, 1.82) is 0 Å². The molecule has 2 N–H and O–H groups in total. The third-order valence-corrected chi connectivity index (χ3v) is 5.95. The van der Waals surface area contributed by atoms with Crippen molar-refractivity contribution in [3.8, 4) is 0 Å². The largest absolute Gasteiger partial charge is 0.444 e. The monoisotopic (exact) mass is 503 g/mol. The number of amides is 3. The fourth-order valence-corrected chi connectivity index (χ4v) is 4.20. The topological polar surface area (TPSA) is 87.7 Å². The predicted octanol–water partition coefficient (Wildman–Crippen LogP) is 5.83. The lowest BCUT2D eigenvalue weighted by Gasteiger charge is -2.45. The lowest BCUT2D eigenvalue weighted by atomic mass is 9.90. The molecule has 1 rings (SSSR count). The minimum Gasteiger partial charge on any atom is -0.444 e. The summed E-state index contributed by atoms with van der Waals surface area (Å²) in [4.78, 5) is 42.5. The molecule has 0 aliphatic heterocycles. The van der Waals surface area contributed by atoms with Gasteiger partial charge in [-0.05, 0) is 86.6 Å². The van der Waals surface area contributed by atoms with Crippen LogP contribution in [0.15, 0.2) is 18.2 Å². The van der Waals surface area contributed by atoms with Crippen LogP contribution in [0.4, 0.5) is 4.79 Å². The van der Waals surface area contributed by atoms with E-state index in [-0.39, 0.29) is 23.8 Å². The molecule has 0 bridgehead atoms. The summed E-state index contributed by atoms with van der Waals surface area (Å²) in [6.45, 7) is 23.0. The molecule has 0 aromatic heterocycles. The molecule has 0 aliphatic carbocycles. The van der Waals surface area contributed by atoms with Gasteiger partial charge in [0.05, 0.1) is 0 Å². The van der Waals surface area contributed by atoms with Gasteiger partial charge in [-0.2, -0.15) is 0 Å². The van der Waals surface area contributed by atoms with Gasteiger partial charge in [-0.3, -0.25) is 9.59 Å². The van der Waals surface area contributed by atoms with Crippen molar-refractivity contribution in [3.63, 3.8) is 0 Å². The number of hydrogen-bond acceptors (Lipinski definition) is 4. The Hall–Kier alpha value is -2.57. The molecular weight excluding hydrogens is 454 g/mol. The van der Waals surface area contributed by atoms with Gasteiger partial charge in [-0.25, -0.2) is 4.79 Å². The van der Waals surface area contributed by atoms with Crippen molar-refractivity contribution >= 4 is 17.9 Å². The summed E-state index contributed by atoms with van der Waals surface area (Å²) < 4.78 is 5.47. The van der Waals surface area contributed by atoms with Crippen molar-refractivity contribution in [3.05, 3.63) is 34.9 Å². The van der Waals surface area contributed by atoms with Crippen molar-refractivity contribution < 1.29 is 19.1 Å². The number of benzene rings is 1. The second-order valence-electron chi connectivity index (χ2n) is 12.2. The van der Waals surface area contributed by atoms with Gasteiger partial charge in [0.25, 0.3) is 0 Å². The Balaban J connectivity index is 3.70. The lowest BCUT2D eigenvalue weighted by molar-refractivity contribution is -0.149. The Labute approximate surface area is 218 Å². The third-order valence-electron chi connectivity index (χ3n) is 5.95. The van der Waals surface area contributed by atoms with Gasteiger partial charge in [-0.15, -0.1) is 0 Å². The maximum Gasteiger partial charge on any atom is 0.408 e. The van der Waals surface area contributed by atoms with E-state index in [0.29, 0.717) is 12.8 Å². The Morgan fingerprint density at radius 1 is 0.917 bits per heavy atom. The zero-order valence-corrected chi connectivity index (χ0v) is 24.5. The number of aryl methyl sites for hydroxylation is 2. The van der Waals surface area contributed by atoms with E-state index in [1.54, 1.807) is 25.7 Å². The Morgan fingerprint density at radius 2 is 1.44 bits per heavy atom. The van der Waals surface area contributed by atoms with Crippen LogP contribution in [0.5, 0.6) is 0 Å². The zero-order valence-electron chi connectivity index (χ0n) is 24.5. The first-order valence-corrected chi connectivity index (χ1v) is 13.1. The van der Waals surface area contributed by atoms with Gasteiger partial charge < -0.3 is 20.3 Å². The average molecular weight is 504 g/mol. The molecule has 7 heteroatoms. The standard InChI is InChI=1S/C29H49N3O4/c1-13-29(11,12)32(26(34)23(14-18(2)3)31-27(35)36-28(8,9)10)24(25(33)30-19(4)5)22-16-20(6)15-21(7)17-22/h15-19,23-24H,13-14H2,1-12H3,(H,30,33)(H,31,35). The average Bonchev–Trinajstić information content (AvgIpc) is 2.67. The Morgan fingerprint density at radius 3 is 1.86 bits per heavy atom. The summed E-state index contributed by atoms with van der Waals surface area (Å²) in [6.07, 6.45) is 0.389. The summed E-state index contributed by atoms with van der Waals surface area (Å²) in [6, 6.07) is 4.17. The fourth-order valence-electron chi connectivity index (χ4n) is 4.20. The third kappa shape index (κ3) is 9.47. The molecule has 7 nitrogen and oxygen atoms in total. The summed E-state index contributed by atoms with van der Waals surface area (Å²) in [5, 5.41) is 5.82. The normalized spacial score (nSPS) is 13.8. The van der Waals surface area contributed by atoms with Crippen LogP contribution in [0, 0.1) is 19.8 Å². The maximum atomic E-state index is 14.3. The highest BCUT2D eigenvalue weighted by Crippen LogP contribution is 2.33. The van der Waals surface area contributed by atoms with E-state index in [9.17, 15) is 14.4 Å². The van der Waals surface area contributed by atoms with E-state index in [1.807, 2.05) is 80.5 Å². The van der Waals surface area contributed by atoms with Crippen molar-refractivity contribution in [1.82, 2.24) is 15.5 Å². The van der Waals surface area contributed by atoms with Gasteiger partial charge in [0.1, 0.15) is 17.7 Å². The molecule has 0 fully saturated rings. The molecule has 3 amide bonds. The zero-order chi connectivity index (χ0) is 28.0. The molecular formula is C29H49N3O4. The van der Waals surface area contributed by atoms with Crippen LogP contribution in [0.3, 0.4) is 0 Å². The van der Waals surface area contributed by atoms with Gasteiger partial charge in [0.15, 0.2) is 0 Å². The number of nitrogens with zero attached hydrogens (tertiary/aromatic N) is 1.